The van der Waals surface area contributed by atoms with Crippen LogP contribution in [0, 0.1) is 29.1 Å². The van der Waals surface area contributed by atoms with Crippen molar-refractivity contribution < 1.29 is 89.9 Å². The normalized spacial score (nSPS) is 11.8. The molecule has 2 unspecified atom stereocenters. The van der Waals surface area contributed by atoms with Gasteiger partial charge in [-0.25, -0.2) is 22.0 Å². The van der Waals surface area contributed by atoms with E-state index in [0.29, 0.717) is 45.9 Å². The molecule has 0 saturated carbocycles. The van der Waals surface area contributed by atoms with Crippen LogP contribution in [0.25, 0.3) is 0 Å². The molecule has 1 heterocycles. The van der Waals surface area contributed by atoms with E-state index in [-0.39, 0.29) is 89.3 Å². The van der Waals surface area contributed by atoms with Crippen molar-refractivity contribution in [1.82, 2.24) is 0 Å². The number of phenols is 3. The van der Waals surface area contributed by atoms with Gasteiger partial charge < -0.3 is 53.6 Å². The number of aliphatic hydroxyl groups is 1. The second-order valence-corrected chi connectivity index (χ2v) is 24.9. The van der Waals surface area contributed by atoms with Crippen LogP contribution in [-0.4, -0.2) is 83.8 Å². The van der Waals surface area contributed by atoms with Crippen LogP contribution < -0.4 is 33.2 Å². The summed E-state index contributed by atoms with van der Waals surface area (Å²) in [6.07, 6.45) is -1.02. The molecule has 4 N–H and O–H groups in total. The minimum absolute atomic E-state index is 0.0270. The fourth-order valence-corrected chi connectivity index (χ4v) is 9.56. The summed E-state index contributed by atoms with van der Waals surface area (Å²) >= 11 is 19.7. The predicted octanol–water partition coefficient (Wildman–Crippen LogP) is 19.5. The average Bonchev–Trinajstić information content (AvgIpc) is 0.931. The van der Waals surface area contributed by atoms with Gasteiger partial charge in [-0.3, -0.25) is 14.4 Å². The van der Waals surface area contributed by atoms with Gasteiger partial charge in [0.05, 0.1) is 19.5 Å². The first-order valence-electron chi connectivity index (χ1n) is 28.3. The molecule has 0 aromatic heterocycles. The highest BCUT2D eigenvalue weighted by Crippen LogP contribution is 2.37. The van der Waals surface area contributed by atoms with Crippen LogP contribution in [0.3, 0.4) is 0 Å². The number of halogens is 11. The lowest BCUT2D eigenvalue weighted by molar-refractivity contribution is 0.0907. The van der Waals surface area contributed by atoms with Gasteiger partial charge in [0.1, 0.15) is 48.4 Å². The number of carbonyl (C=O) groups is 3. The average molecular weight is 1720 g/mol. The maximum atomic E-state index is 13.1. The van der Waals surface area contributed by atoms with Crippen LogP contribution in [0.1, 0.15) is 54.4 Å². The van der Waals surface area contributed by atoms with E-state index in [2.05, 4.69) is 100 Å². The fraction of sp³-hybridized carbons (Fsp3) is 0.125. The number of methoxy groups -OCH3 is 2. The first kappa shape index (κ1) is 77.7. The Morgan fingerprint density at radius 3 is 1.27 bits per heavy atom. The van der Waals surface area contributed by atoms with E-state index in [0.717, 1.165) is 63.8 Å². The number of Topliss-reactive ketones (excluding diaryl/α,β-unsaturated/α-hetero) is 3. The van der Waals surface area contributed by atoms with Crippen LogP contribution in [0.5, 0.6) is 57.5 Å². The number of alkyl halides is 1. The van der Waals surface area contributed by atoms with Gasteiger partial charge in [0, 0.05) is 69.4 Å². The number of ketones is 3. The molecule has 10 aromatic carbocycles. The second-order valence-electron chi connectivity index (χ2n) is 19.8. The zero-order valence-electron chi connectivity index (χ0n) is 50.9. The maximum Gasteiger partial charge on any atom is 0.200 e. The molecular formula is C72H57Br6F5O14. The van der Waals surface area contributed by atoms with E-state index in [4.69, 9.17) is 33.5 Å². The third-order valence-corrected chi connectivity index (χ3v) is 16.1. The Morgan fingerprint density at radius 1 is 0.433 bits per heavy atom. The Morgan fingerprint density at radius 2 is 0.814 bits per heavy atom. The first-order chi connectivity index (χ1) is 46.4. The minimum atomic E-state index is -0.822. The molecule has 0 bridgehead atoms. The monoisotopic (exact) mass is 1710 g/mol. The molecule has 11 rings (SSSR count). The van der Waals surface area contributed by atoms with Gasteiger partial charge >= 0.3 is 0 Å². The number of hydrogen-bond acceptors (Lipinski definition) is 14. The Bertz CT molecular complexity index is 4180. The van der Waals surface area contributed by atoms with Gasteiger partial charge in [-0.1, -0.05) is 156 Å². The summed E-state index contributed by atoms with van der Waals surface area (Å²) in [6, 6.07) is 54.6. The third kappa shape index (κ3) is 26.2. The number of carbonyl (C=O) groups excluding carboxylic acids is 3. The second kappa shape index (κ2) is 39.8. The number of benzene rings is 10. The van der Waals surface area contributed by atoms with Gasteiger partial charge in [-0.05, 0) is 132 Å². The van der Waals surface area contributed by atoms with E-state index in [1.807, 2.05) is 48.5 Å². The van der Waals surface area contributed by atoms with E-state index in [9.17, 15) is 51.7 Å². The van der Waals surface area contributed by atoms with Crippen LogP contribution in [-0.2, 0) is 0 Å². The maximum absolute atomic E-state index is 13.1. The van der Waals surface area contributed by atoms with Crippen molar-refractivity contribution in [3.05, 3.63) is 292 Å². The molecule has 14 nitrogen and oxygen atoms in total. The van der Waals surface area contributed by atoms with E-state index >= 15 is 0 Å². The van der Waals surface area contributed by atoms with E-state index in [1.54, 1.807) is 78.9 Å². The Balaban J connectivity index is 0.000000187. The van der Waals surface area contributed by atoms with Crippen LogP contribution >= 0.6 is 95.6 Å². The summed E-state index contributed by atoms with van der Waals surface area (Å²) in [6.45, 7) is 0.0472. The van der Waals surface area contributed by atoms with Crippen molar-refractivity contribution in [3.63, 3.8) is 0 Å². The molecule has 506 valence electrons. The lowest BCUT2D eigenvalue weighted by Gasteiger charge is -2.26. The highest BCUT2D eigenvalue weighted by atomic mass is 79.9. The first-order valence-corrected chi connectivity index (χ1v) is 33.4. The predicted molar refractivity (Wildman–Crippen MR) is 378 cm³/mol. The van der Waals surface area contributed by atoms with Crippen molar-refractivity contribution in [2.24, 2.45) is 0 Å². The molecule has 0 aliphatic carbocycles. The van der Waals surface area contributed by atoms with E-state index in [1.165, 1.54) is 68.8 Å². The molecule has 10 aromatic rings. The molecule has 0 amide bonds. The highest BCUT2D eigenvalue weighted by Gasteiger charge is 2.23. The summed E-state index contributed by atoms with van der Waals surface area (Å²) in [4.78, 5) is 34.8. The van der Waals surface area contributed by atoms with Gasteiger partial charge in [-0.2, -0.15) is 0 Å². The molecule has 2 atom stereocenters. The number of fused-ring (bicyclic) bond motifs is 1. The lowest BCUT2D eigenvalue weighted by atomic mass is 10.1. The number of aliphatic hydroxyl groups excluding tert-OH is 1. The van der Waals surface area contributed by atoms with Crippen molar-refractivity contribution in [1.29, 1.82) is 0 Å². The molecule has 1 aliphatic rings. The minimum Gasteiger partial charge on any atom is -0.504 e. The highest BCUT2D eigenvalue weighted by molar-refractivity contribution is 9.11. The third-order valence-electron chi connectivity index (χ3n) is 12.9. The van der Waals surface area contributed by atoms with Crippen molar-refractivity contribution >= 4 is 113 Å². The number of ether oxygens (including phenoxy) is 7. The standard InChI is InChI=1S/C15H12BrFO3.C14H12BrFO3.C14H10BrFO3.C14H10BrFO2.C8H6Br2O.C7H7FO2/c1-19-15-8-12(17)6-7-14(15)20-9-13(18)10-2-4-11(16)5-3-10;2*15-10-3-1-9(2-4-10)13(18)8-19-14-6-5-11(16)7-12(14)17;15-10-3-1-9(2-4-10)14-8-17-12-6-5-11(16)7-13(12)18-14;9-5-8(11)6-1-3-7(10)4-2-6;1-10-7-4-5(8)2-3-6(7)9/h2-8H,9H2,1H3;1-7,13,17-18H,8H2;1-7,17H,8H2;1-7,14H,8H2;1-4H,5H2;2-4,9H,1H3. The van der Waals surface area contributed by atoms with Crippen LogP contribution in [0.4, 0.5) is 22.0 Å². The van der Waals surface area contributed by atoms with Gasteiger partial charge in [-0.15, -0.1) is 0 Å². The summed E-state index contributed by atoms with van der Waals surface area (Å²) in [5.74, 6) is -1.23. The molecule has 1 aliphatic heterocycles. The van der Waals surface area contributed by atoms with Crippen LogP contribution in [0.15, 0.2) is 235 Å². The quantitative estimate of drug-likeness (QED) is 0.0382. The zero-order valence-corrected chi connectivity index (χ0v) is 60.4. The molecule has 0 fully saturated rings. The summed E-state index contributed by atoms with van der Waals surface area (Å²) in [5.41, 5.74) is 3.50. The van der Waals surface area contributed by atoms with Crippen molar-refractivity contribution in [2.75, 3.05) is 46.0 Å². The largest absolute Gasteiger partial charge is 0.504 e. The molecule has 0 spiro atoms. The molecule has 0 saturated heterocycles. The van der Waals surface area contributed by atoms with Gasteiger partial charge in [0.15, 0.2) is 94.2 Å². The zero-order chi connectivity index (χ0) is 70.6. The Hall–Kier alpha value is -8.30. The molecule has 25 heteroatoms. The van der Waals surface area contributed by atoms with Crippen molar-refractivity contribution in [2.45, 2.75) is 12.2 Å². The van der Waals surface area contributed by atoms with Gasteiger partial charge in [0.25, 0.3) is 0 Å². The van der Waals surface area contributed by atoms with Crippen LogP contribution in [0.2, 0.25) is 0 Å². The van der Waals surface area contributed by atoms with Crippen molar-refractivity contribution in [3.8, 4) is 57.5 Å². The summed E-state index contributed by atoms with van der Waals surface area (Å²) < 4.78 is 105. The Labute approximate surface area is 605 Å². The number of aromatic hydroxyl groups is 3. The summed E-state index contributed by atoms with van der Waals surface area (Å²) in [5, 5.41) is 38.1. The van der Waals surface area contributed by atoms with Gasteiger partial charge in [0.2, 0.25) is 0 Å². The molecule has 0 radical (unpaired) electrons. The number of rotatable bonds is 17. The smallest absolute Gasteiger partial charge is 0.200 e. The Kier molecular flexibility index (Phi) is 31.9. The fourth-order valence-electron chi connectivity index (χ4n) is 7.91. The topological polar surface area (TPSA) is 197 Å². The molecular weight excluding hydrogens is 1660 g/mol. The number of phenolic OH excluding ortho intramolecular Hbond substituents is 3. The summed E-state index contributed by atoms with van der Waals surface area (Å²) in [7, 11) is 2.78. The SMILES string of the molecule is COc1cc(F)ccc1O.COc1cc(F)ccc1OCC(=O)c1ccc(Br)cc1.Fc1ccc2c(c1)OC(c1ccc(Br)cc1)CO2.O=C(CBr)c1ccc(Br)cc1.O=C(COc1ccc(F)cc1O)c1ccc(Br)cc1.Oc1cc(F)ccc1OCC(O)c1ccc(Br)cc1. The molecule has 97 heavy (non-hydrogen) atoms. The lowest BCUT2D eigenvalue weighted by Crippen LogP contribution is -2.21. The number of hydrogen-bond donors (Lipinski definition) is 4. The van der Waals surface area contributed by atoms with E-state index < -0.39 is 29.4 Å².